The van der Waals surface area contributed by atoms with Crippen LogP contribution < -0.4 is 10.6 Å². The van der Waals surface area contributed by atoms with Crippen LogP contribution in [0.1, 0.15) is 25.0 Å². The van der Waals surface area contributed by atoms with Crippen molar-refractivity contribution in [2.45, 2.75) is 27.3 Å². The summed E-state index contributed by atoms with van der Waals surface area (Å²) in [6, 6.07) is 13.2. The number of halogens is 1. The monoisotopic (exact) mass is 328 g/mol. The van der Waals surface area contributed by atoms with Gasteiger partial charge in [-0.05, 0) is 56.2 Å². The molecule has 0 aromatic heterocycles. The molecule has 4 nitrogen and oxygen atoms in total. The molecule has 0 bridgehead atoms. The summed E-state index contributed by atoms with van der Waals surface area (Å²) in [5, 5.41) is 5.47. The minimum absolute atomic E-state index is 0.236. The average molecular weight is 328 g/mol. The van der Waals surface area contributed by atoms with Crippen molar-refractivity contribution in [1.82, 2.24) is 5.32 Å². The summed E-state index contributed by atoms with van der Waals surface area (Å²) < 4.78 is 12.9. The first-order chi connectivity index (χ1) is 11.3. The normalized spacial score (nSPS) is 11.0. The SMILES string of the molecule is Cc1cccc(NC(=O)C(C)(C)C(=O)NCc2ccc(F)cc2)c1. The molecule has 5 heteroatoms. The van der Waals surface area contributed by atoms with E-state index in [-0.39, 0.29) is 18.3 Å². The van der Waals surface area contributed by atoms with Crippen LogP contribution in [0.5, 0.6) is 0 Å². The zero-order valence-corrected chi connectivity index (χ0v) is 14.0. The van der Waals surface area contributed by atoms with Crippen molar-refractivity contribution >= 4 is 17.5 Å². The number of amides is 2. The van der Waals surface area contributed by atoms with Crippen LogP contribution in [0.2, 0.25) is 0 Å². The number of aryl methyl sites for hydroxylation is 1. The highest BCUT2D eigenvalue weighted by Crippen LogP contribution is 2.20. The molecule has 0 heterocycles. The molecular formula is C19H21FN2O2. The van der Waals surface area contributed by atoms with Gasteiger partial charge in [0.2, 0.25) is 11.8 Å². The lowest BCUT2D eigenvalue weighted by Crippen LogP contribution is -2.44. The molecule has 2 rings (SSSR count). The Balaban J connectivity index is 1.98. The Hall–Kier alpha value is -2.69. The lowest BCUT2D eigenvalue weighted by atomic mass is 9.90. The maximum Gasteiger partial charge on any atom is 0.239 e. The molecule has 2 N–H and O–H groups in total. The molecule has 0 fully saturated rings. The van der Waals surface area contributed by atoms with Crippen molar-refractivity contribution in [1.29, 1.82) is 0 Å². The van der Waals surface area contributed by atoms with Gasteiger partial charge in [0.25, 0.3) is 0 Å². The summed E-state index contributed by atoms with van der Waals surface area (Å²) in [7, 11) is 0. The smallest absolute Gasteiger partial charge is 0.239 e. The predicted octanol–water partition coefficient (Wildman–Crippen LogP) is 3.42. The second-order valence-corrected chi connectivity index (χ2v) is 6.26. The van der Waals surface area contributed by atoms with E-state index in [9.17, 15) is 14.0 Å². The Labute approximate surface area is 141 Å². The van der Waals surface area contributed by atoms with Crippen molar-refractivity contribution < 1.29 is 14.0 Å². The Morgan fingerprint density at radius 1 is 1.04 bits per heavy atom. The van der Waals surface area contributed by atoms with Gasteiger partial charge in [-0.15, -0.1) is 0 Å². The van der Waals surface area contributed by atoms with Gasteiger partial charge in [-0.25, -0.2) is 4.39 Å². The van der Waals surface area contributed by atoms with E-state index < -0.39 is 11.3 Å². The molecule has 0 radical (unpaired) electrons. The number of nitrogens with one attached hydrogen (secondary N) is 2. The van der Waals surface area contributed by atoms with Gasteiger partial charge in [0.15, 0.2) is 0 Å². The molecule has 0 unspecified atom stereocenters. The lowest BCUT2D eigenvalue weighted by molar-refractivity contribution is -0.138. The number of rotatable bonds is 5. The maximum atomic E-state index is 12.9. The highest BCUT2D eigenvalue weighted by atomic mass is 19.1. The topological polar surface area (TPSA) is 58.2 Å². The second kappa shape index (κ2) is 7.25. The van der Waals surface area contributed by atoms with Crippen molar-refractivity contribution in [3.05, 3.63) is 65.5 Å². The number of anilines is 1. The minimum atomic E-state index is -1.23. The predicted molar refractivity (Wildman–Crippen MR) is 91.8 cm³/mol. The number of benzene rings is 2. The first-order valence-electron chi connectivity index (χ1n) is 7.70. The zero-order chi connectivity index (χ0) is 17.7. The molecule has 2 aromatic rings. The molecule has 126 valence electrons. The standard InChI is InChI=1S/C19H21FN2O2/c1-13-5-4-6-16(11-13)22-18(24)19(2,3)17(23)21-12-14-7-9-15(20)10-8-14/h4-11H,12H2,1-3H3,(H,21,23)(H,22,24). The number of hydrogen-bond donors (Lipinski definition) is 2. The van der Waals surface area contributed by atoms with E-state index in [1.807, 2.05) is 25.1 Å². The van der Waals surface area contributed by atoms with Crippen LogP contribution in [0.25, 0.3) is 0 Å². The van der Waals surface area contributed by atoms with Gasteiger partial charge in [-0.1, -0.05) is 24.3 Å². The molecule has 0 aliphatic heterocycles. The van der Waals surface area contributed by atoms with Crippen molar-refractivity contribution in [3.63, 3.8) is 0 Å². The van der Waals surface area contributed by atoms with E-state index in [4.69, 9.17) is 0 Å². The fourth-order valence-corrected chi connectivity index (χ4v) is 2.12. The summed E-state index contributed by atoms with van der Waals surface area (Å²) in [6.07, 6.45) is 0. The quantitative estimate of drug-likeness (QED) is 0.826. The van der Waals surface area contributed by atoms with E-state index in [1.165, 1.54) is 12.1 Å². The molecule has 2 aromatic carbocycles. The van der Waals surface area contributed by atoms with Crippen LogP contribution in [-0.2, 0) is 16.1 Å². The van der Waals surface area contributed by atoms with Gasteiger partial charge in [-0.2, -0.15) is 0 Å². The summed E-state index contributed by atoms with van der Waals surface area (Å²) >= 11 is 0. The van der Waals surface area contributed by atoms with E-state index in [0.717, 1.165) is 11.1 Å². The summed E-state index contributed by atoms with van der Waals surface area (Å²) in [4.78, 5) is 24.8. The molecule has 0 atom stereocenters. The first-order valence-corrected chi connectivity index (χ1v) is 7.70. The lowest BCUT2D eigenvalue weighted by Gasteiger charge is -2.23. The molecule has 0 saturated heterocycles. The average Bonchev–Trinajstić information content (AvgIpc) is 2.54. The maximum absolute atomic E-state index is 12.9. The third-order valence-electron chi connectivity index (χ3n) is 3.78. The summed E-state index contributed by atoms with van der Waals surface area (Å²) in [6.45, 7) is 5.30. The molecule has 0 aliphatic carbocycles. The van der Waals surface area contributed by atoms with Gasteiger partial charge in [0.1, 0.15) is 11.2 Å². The van der Waals surface area contributed by atoms with Gasteiger partial charge < -0.3 is 10.6 Å². The highest BCUT2D eigenvalue weighted by molar-refractivity contribution is 6.09. The molecule has 0 aliphatic rings. The van der Waals surface area contributed by atoms with Gasteiger partial charge in [0, 0.05) is 12.2 Å². The Morgan fingerprint density at radius 2 is 1.71 bits per heavy atom. The Kier molecular flexibility index (Phi) is 5.34. The molecule has 24 heavy (non-hydrogen) atoms. The molecule has 2 amide bonds. The first kappa shape index (κ1) is 17.7. The van der Waals surface area contributed by atoms with Gasteiger partial charge in [-0.3, -0.25) is 9.59 Å². The van der Waals surface area contributed by atoms with Crippen LogP contribution in [0, 0.1) is 18.2 Å². The second-order valence-electron chi connectivity index (χ2n) is 6.26. The van der Waals surface area contributed by atoms with Gasteiger partial charge in [0.05, 0.1) is 0 Å². The van der Waals surface area contributed by atoms with E-state index >= 15 is 0 Å². The summed E-state index contributed by atoms with van der Waals surface area (Å²) in [5.74, 6) is -1.11. The number of hydrogen-bond acceptors (Lipinski definition) is 2. The van der Waals surface area contributed by atoms with Gasteiger partial charge >= 0.3 is 0 Å². The van der Waals surface area contributed by atoms with Crippen molar-refractivity contribution in [2.75, 3.05) is 5.32 Å². The molecule has 0 saturated carbocycles. The van der Waals surface area contributed by atoms with Crippen LogP contribution >= 0.6 is 0 Å². The number of carbonyl (C=O) groups is 2. The highest BCUT2D eigenvalue weighted by Gasteiger charge is 2.35. The molecular weight excluding hydrogens is 307 g/mol. The van der Waals surface area contributed by atoms with Crippen LogP contribution in [0.3, 0.4) is 0 Å². The fraction of sp³-hybridized carbons (Fsp3) is 0.263. The van der Waals surface area contributed by atoms with Crippen LogP contribution in [0.4, 0.5) is 10.1 Å². The van der Waals surface area contributed by atoms with Crippen molar-refractivity contribution in [2.24, 2.45) is 5.41 Å². The molecule has 0 spiro atoms. The Bertz CT molecular complexity index is 739. The van der Waals surface area contributed by atoms with Crippen LogP contribution in [-0.4, -0.2) is 11.8 Å². The largest absolute Gasteiger partial charge is 0.351 e. The Morgan fingerprint density at radius 3 is 2.33 bits per heavy atom. The third kappa shape index (κ3) is 4.41. The zero-order valence-electron chi connectivity index (χ0n) is 14.0. The number of carbonyl (C=O) groups excluding carboxylic acids is 2. The van der Waals surface area contributed by atoms with Crippen LogP contribution in [0.15, 0.2) is 48.5 Å². The van der Waals surface area contributed by atoms with Crippen molar-refractivity contribution in [3.8, 4) is 0 Å². The third-order valence-corrected chi connectivity index (χ3v) is 3.78. The summed E-state index contributed by atoms with van der Waals surface area (Å²) in [5.41, 5.74) is 1.20. The van der Waals surface area contributed by atoms with E-state index in [2.05, 4.69) is 10.6 Å². The van der Waals surface area contributed by atoms with E-state index in [1.54, 1.807) is 32.0 Å². The fourth-order valence-electron chi connectivity index (χ4n) is 2.12. The van der Waals surface area contributed by atoms with E-state index in [0.29, 0.717) is 5.69 Å². The minimum Gasteiger partial charge on any atom is -0.351 e.